The SMILES string of the molecule is CN(Cc1nccn1C)C1CCCCCC1C#N. The Hall–Kier alpha value is -1.34. The summed E-state index contributed by atoms with van der Waals surface area (Å²) in [4.78, 5) is 6.67. The summed E-state index contributed by atoms with van der Waals surface area (Å²) in [6.45, 7) is 0.826. The zero-order valence-corrected chi connectivity index (χ0v) is 11.3. The zero-order chi connectivity index (χ0) is 13.0. The molecular weight excluding hydrogens is 224 g/mol. The van der Waals surface area contributed by atoms with Crippen LogP contribution in [0.1, 0.15) is 37.9 Å². The molecule has 1 aliphatic carbocycles. The minimum absolute atomic E-state index is 0.178. The van der Waals surface area contributed by atoms with Crippen molar-refractivity contribution in [3.05, 3.63) is 18.2 Å². The third kappa shape index (κ3) is 2.91. The Balaban J connectivity index is 2.04. The van der Waals surface area contributed by atoms with E-state index < -0.39 is 0 Å². The molecule has 18 heavy (non-hydrogen) atoms. The van der Waals surface area contributed by atoms with Crippen LogP contribution in [0, 0.1) is 17.2 Å². The smallest absolute Gasteiger partial charge is 0.122 e. The second-order valence-corrected chi connectivity index (χ2v) is 5.31. The molecule has 0 radical (unpaired) electrons. The lowest BCUT2D eigenvalue weighted by atomic mass is 9.95. The molecule has 0 aliphatic heterocycles. The largest absolute Gasteiger partial charge is 0.337 e. The first-order valence-corrected chi connectivity index (χ1v) is 6.78. The number of aromatic nitrogens is 2. The molecule has 0 spiro atoms. The van der Waals surface area contributed by atoms with E-state index in [-0.39, 0.29) is 5.92 Å². The molecule has 1 aliphatic rings. The van der Waals surface area contributed by atoms with Crippen LogP contribution in [0.3, 0.4) is 0 Å². The highest BCUT2D eigenvalue weighted by molar-refractivity contribution is 4.97. The van der Waals surface area contributed by atoms with Gasteiger partial charge >= 0.3 is 0 Å². The summed E-state index contributed by atoms with van der Waals surface area (Å²) >= 11 is 0. The number of rotatable bonds is 3. The van der Waals surface area contributed by atoms with E-state index in [0.717, 1.165) is 25.2 Å². The molecule has 1 aromatic heterocycles. The molecule has 1 heterocycles. The molecule has 1 aromatic rings. The van der Waals surface area contributed by atoms with E-state index in [1.807, 2.05) is 19.4 Å². The fourth-order valence-corrected chi connectivity index (χ4v) is 2.86. The first kappa shape index (κ1) is 13.1. The van der Waals surface area contributed by atoms with Crippen LogP contribution >= 0.6 is 0 Å². The summed E-state index contributed by atoms with van der Waals surface area (Å²) < 4.78 is 2.05. The van der Waals surface area contributed by atoms with Gasteiger partial charge in [0.25, 0.3) is 0 Å². The monoisotopic (exact) mass is 246 g/mol. The van der Waals surface area contributed by atoms with Gasteiger partial charge < -0.3 is 4.57 Å². The number of nitriles is 1. The van der Waals surface area contributed by atoms with Crippen LogP contribution in [0.2, 0.25) is 0 Å². The Morgan fingerprint density at radius 3 is 2.89 bits per heavy atom. The van der Waals surface area contributed by atoms with Gasteiger partial charge in [0, 0.05) is 25.5 Å². The molecule has 2 atom stereocenters. The third-order valence-corrected chi connectivity index (χ3v) is 4.02. The van der Waals surface area contributed by atoms with Gasteiger partial charge in [-0.05, 0) is 19.9 Å². The predicted octanol–water partition coefficient (Wildman–Crippen LogP) is 2.32. The van der Waals surface area contributed by atoms with Gasteiger partial charge in [0.05, 0.1) is 18.5 Å². The van der Waals surface area contributed by atoms with Crippen molar-refractivity contribution in [2.45, 2.75) is 44.7 Å². The average Bonchev–Trinajstić information content (AvgIpc) is 2.66. The standard InChI is InChI=1S/C14H22N4/c1-17-9-8-16-14(17)11-18(2)13-7-5-3-4-6-12(13)10-15/h8-9,12-13H,3-7,11H2,1-2H3. The number of hydrogen-bond acceptors (Lipinski definition) is 3. The quantitative estimate of drug-likeness (QED) is 0.769. The molecular formula is C14H22N4. The average molecular weight is 246 g/mol. The van der Waals surface area contributed by atoms with Crippen molar-refractivity contribution in [2.24, 2.45) is 13.0 Å². The van der Waals surface area contributed by atoms with Crippen molar-refractivity contribution in [1.29, 1.82) is 5.26 Å². The Labute approximate surface area is 109 Å². The number of imidazole rings is 1. The van der Waals surface area contributed by atoms with Crippen molar-refractivity contribution < 1.29 is 0 Å². The van der Waals surface area contributed by atoms with Crippen molar-refractivity contribution in [3.63, 3.8) is 0 Å². The maximum atomic E-state index is 9.32. The molecule has 0 saturated heterocycles. The van der Waals surface area contributed by atoms with Crippen molar-refractivity contribution in [2.75, 3.05) is 7.05 Å². The van der Waals surface area contributed by atoms with Gasteiger partial charge in [0.1, 0.15) is 5.82 Å². The molecule has 0 aromatic carbocycles. The molecule has 4 nitrogen and oxygen atoms in total. The van der Waals surface area contributed by atoms with Crippen molar-refractivity contribution in [3.8, 4) is 6.07 Å². The Bertz CT molecular complexity index is 418. The summed E-state index contributed by atoms with van der Waals surface area (Å²) in [5.74, 6) is 1.25. The van der Waals surface area contributed by atoms with Crippen LogP contribution in [-0.4, -0.2) is 27.5 Å². The van der Waals surface area contributed by atoms with Crippen LogP contribution in [-0.2, 0) is 13.6 Å². The summed E-state index contributed by atoms with van der Waals surface area (Å²) in [5.41, 5.74) is 0. The van der Waals surface area contributed by atoms with E-state index in [4.69, 9.17) is 0 Å². The lowest BCUT2D eigenvalue weighted by Gasteiger charge is -2.29. The Kier molecular flexibility index (Phi) is 4.38. The fourth-order valence-electron chi connectivity index (χ4n) is 2.86. The van der Waals surface area contributed by atoms with E-state index in [1.54, 1.807) is 0 Å². The Morgan fingerprint density at radius 2 is 2.22 bits per heavy atom. The van der Waals surface area contributed by atoms with Crippen LogP contribution in [0.15, 0.2) is 12.4 Å². The lowest BCUT2D eigenvalue weighted by Crippen LogP contribution is -2.37. The van der Waals surface area contributed by atoms with Crippen LogP contribution in [0.25, 0.3) is 0 Å². The first-order valence-electron chi connectivity index (χ1n) is 6.78. The molecule has 1 saturated carbocycles. The van der Waals surface area contributed by atoms with E-state index in [2.05, 4.69) is 27.6 Å². The van der Waals surface area contributed by atoms with Gasteiger partial charge in [0.15, 0.2) is 0 Å². The van der Waals surface area contributed by atoms with Gasteiger partial charge in [-0.15, -0.1) is 0 Å². The molecule has 0 bridgehead atoms. The Morgan fingerprint density at radius 1 is 1.44 bits per heavy atom. The van der Waals surface area contributed by atoms with Crippen LogP contribution in [0.4, 0.5) is 0 Å². The van der Waals surface area contributed by atoms with E-state index in [0.29, 0.717) is 6.04 Å². The van der Waals surface area contributed by atoms with Crippen LogP contribution in [0.5, 0.6) is 0 Å². The minimum atomic E-state index is 0.178. The molecule has 0 amide bonds. The van der Waals surface area contributed by atoms with E-state index in [1.165, 1.54) is 19.3 Å². The lowest BCUT2D eigenvalue weighted by molar-refractivity contribution is 0.178. The van der Waals surface area contributed by atoms with Gasteiger partial charge in [0.2, 0.25) is 0 Å². The van der Waals surface area contributed by atoms with Crippen LogP contribution < -0.4 is 0 Å². The highest BCUT2D eigenvalue weighted by atomic mass is 15.2. The summed E-state index contributed by atoms with van der Waals surface area (Å²) in [6.07, 6.45) is 9.70. The zero-order valence-electron chi connectivity index (χ0n) is 11.3. The normalized spacial score (nSPS) is 24.8. The highest BCUT2D eigenvalue weighted by Crippen LogP contribution is 2.27. The molecule has 2 unspecified atom stereocenters. The number of nitrogens with zero attached hydrogens (tertiary/aromatic N) is 4. The molecule has 98 valence electrons. The minimum Gasteiger partial charge on any atom is -0.337 e. The summed E-state index contributed by atoms with van der Waals surface area (Å²) in [7, 11) is 4.14. The molecule has 4 heteroatoms. The maximum Gasteiger partial charge on any atom is 0.122 e. The van der Waals surface area contributed by atoms with Gasteiger partial charge in [-0.3, -0.25) is 4.90 Å². The van der Waals surface area contributed by atoms with E-state index in [9.17, 15) is 5.26 Å². The predicted molar refractivity (Wildman–Crippen MR) is 70.7 cm³/mol. The number of aryl methyl sites for hydroxylation is 1. The van der Waals surface area contributed by atoms with Crippen molar-refractivity contribution in [1.82, 2.24) is 14.5 Å². The topological polar surface area (TPSA) is 44.9 Å². The third-order valence-electron chi connectivity index (χ3n) is 4.02. The van der Waals surface area contributed by atoms with Crippen molar-refractivity contribution >= 4 is 0 Å². The summed E-state index contributed by atoms with van der Waals surface area (Å²) in [5, 5.41) is 9.32. The second kappa shape index (κ2) is 6.01. The van der Waals surface area contributed by atoms with Gasteiger partial charge in [-0.1, -0.05) is 19.3 Å². The van der Waals surface area contributed by atoms with Gasteiger partial charge in [-0.25, -0.2) is 4.98 Å². The maximum absolute atomic E-state index is 9.32. The van der Waals surface area contributed by atoms with Gasteiger partial charge in [-0.2, -0.15) is 5.26 Å². The molecule has 2 rings (SSSR count). The summed E-state index contributed by atoms with van der Waals surface area (Å²) in [6, 6.07) is 2.88. The molecule has 0 N–H and O–H groups in total. The second-order valence-electron chi connectivity index (χ2n) is 5.31. The highest BCUT2D eigenvalue weighted by Gasteiger charge is 2.27. The van der Waals surface area contributed by atoms with E-state index >= 15 is 0 Å². The first-order chi connectivity index (χ1) is 8.72. The number of hydrogen-bond donors (Lipinski definition) is 0. The fraction of sp³-hybridized carbons (Fsp3) is 0.714. The molecule has 1 fully saturated rings.